The molecule has 1 aromatic carbocycles. The number of aromatic nitrogens is 3. The molecule has 134 valence electrons. The number of carbonyl (C=O) groups excluding carboxylic acids is 1. The van der Waals surface area contributed by atoms with Crippen LogP contribution in [0.3, 0.4) is 0 Å². The Labute approximate surface area is 159 Å². The van der Waals surface area contributed by atoms with Crippen LogP contribution in [-0.2, 0) is 0 Å². The summed E-state index contributed by atoms with van der Waals surface area (Å²) >= 11 is 1.46. The smallest absolute Gasteiger partial charge is 0.324 e. The van der Waals surface area contributed by atoms with Crippen LogP contribution in [0.15, 0.2) is 78.7 Å². The van der Waals surface area contributed by atoms with Gasteiger partial charge in [0.2, 0.25) is 5.88 Å². The van der Waals surface area contributed by atoms with Crippen LogP contribution in [0.1, 0.15) is 0 Å². The number of hydrogen-bond acceptors (Lipinski definition) is 5. The maximum absolute atomic E-state index is 11.9. The van der Waals surface area contributed by atoms with E-state index in [4.69, 9.17) is 4.74 Å². The van der Waals surface area contributed by atoms with E-state index in [0.717, 1.165) is 5.00 Å². The summed E-state index contributed by atoms with van der Waals surface area (Å²) in [6.07, 6.45) is 5.25. The first-order valence-electron chi connectivity index (χ1n) is 8.11. The third-order valence-electron chi connectivity index (χ3n) is 3.59. The van der Waals surface area contributed by atoms with Gasteiger partial charge in [-0.1, -0.05) is 0 Å². The van der Waals surface area contributed by atoms with Crippen LogP contribution in [-0.4, -0.2) is 20.6 Å². The summed E-state index contributed by atoms with van der Waals surface area (Å²) in [5, 5.41) is 8.22. The lowest BCUT2D eigenvalue weighted by atomic mass is 10.3. The Kier molecular flexibility index (Phi) is 4.80. The van der Waals surface area contributed by atoms with Gasteiger partial charge in [0.1, 0.15) is 17.9 Å². The Morgan fingerprint density at radius 2 is 1.81 bits per heavy atom. The molecule has 8 heteroatoms. The zero-order valence-corrected chi connectivity index (χ0v) is 14.9. The van der Waals surface area contributed by atoms with Gasteiger partial charge in [-0.2, -0.15) is 0 Å². The average Bonchev–Trinajstić information content (AvgIpc) is 3.37. The van der Waals surface area contributed by atoms with Crippen LogP contribution in [0.5, 0.6) is 11.6 Å². The zero-order valence-electron chi connectivity index (χ0n) is 14.1. The number of rotatable bonds is 5. The highest BCUT2D eigenvalue weighted by Gasteiger charge is 2.05. The number of nitrogens with zero attached hydrogens (tertiary/aromatic N) is 3. The molecule has 3 heterocycles. The second-order valence-corrected chi connectivity index (χ2v) is 6.44. The van der Waals surface area contributed by atoms with E-state index in [2.05, 4.69) is 20.6 Å². The third-order valence-corrected chi connectivity index (χ3v) is 4.37. The van der Waals surface area contributed by atoms with Crippen LogP contribution in [0.2, 0.25) is 0 Å². The SMILES string of the molecule is O=C(Nc1ccc(Oc2cc(-n3cccc3)ncn2)cc1)Nc1cccs1. The van der Waals surface area contributed by atoms with Crippen LogP contribution in [0, 0.1) is 0 Å². The standard InChI is InChI=1S/C19H15N5O2S/c25-19(23-18-4-3-11-27-18)22-14-5-7-15(8-6-14)26-17-12-16(20-13-21-17)24-9-1-2-10-24/h1-13H,(H2,22,23,25). The fourth-order valence-electron chi connectivity index (χ4n) is 2.37. The number of nitrogens with one attached hydrogen (secondary N) is 2. The van der Waals surface area contributed by atoms with Crippen LogP contribution < -0.4 is 15.4 Å². The van der Waals surface area contributed by atoms with Crippen molar-refractivity contribution in [1.82, 2.24) is 14.5 Å². The Morgan fingerprint density at radius 3 is 2.56 bits per heavy atom. The van der Waals surface area contributed by atoms with Crippen molar-refractivity contribution in [1.29, 1.82) is 0 Å². The van der Waals surface area contributed by atoms with Crippen molar-refractivity contribution in [3.63, 3.8) is 0 Å². The first-order chi connectivity index (χ1) is 13.3. The quantitative estimate of drug-likeness (QED) is 0.525. The molecule has 0 unspecified atom stereocenters. The number of benzene rings is 1. The molecule has 4 rings (SSSR count). The van der Waals surface area contributed by atoms with Crippen molar-refractivity contribution in [2.24, 2.45) is 0 Å². The molecule has 27 heavy (non-hydrogen) atoms. The summed E-state index contributed by atoms with van der Waals surface area (Å²) in [6, 6.07) is 16.1. The Morgan fingerprint density at radius 1 is 1.00 bits per heavy atom. The molecule has 0 bridgehead atoms. The third kappa shape index (κ3) is 4.31. The van der Waals surface area contributed by atoms with Crippen molar-refractivity contribution in [3.05, 3.63) is 78.7 Å². The van der Waals surface area contributed by atoms with Crippen molar-refractivity contribution in [2.45, 2.75) is 0 Å². The second-order valence-electron chi connectivity index (χ2n) is 5.49. The molecular formula is C19H15N5O2S. The lowest BCUT2D eigenvalue weighted by Gasteiger charge is -2.09. The average molecular weight is 377 g/mol. The predicted octanol–water partition coefficient (Wildman–Crippen LogP) is 4.77. The van der Waals surface area contributed by atoms with Crippen molar-refractivity contribution < 1.29 is 9.53 Å². The lowest BCUT2D eigenvalue weighted by molar-refractivity contribution is 0.262. The van der Waals surface area contributed by atoms with Gasteiger partial charge in [0.15, 0.2) is 0 Å². The van der Waals surface area contributed by atoms with Crippen molar-refractivity contribution >= 4 is 28.1 Å². The normalized spacial score (nSPS) is 10.4. The summed E-state index contributed by atoms with van der Waals surface area (Å²) < 4.78 is 7.64. The summed E-state index contributed by atoms with van der Waals surface area (Å²) in [5.41, 5.74) is 0.659. The second kappa shape index (κ2) is 7.71. The van der Waals surface area contributed by atoms with E-state index in [9.17, 15) is 4.79 Å². The molecule has 2 N–H and O–H groups in total. The predicted molar refractivity (Wildman–Crippen MR) is 105 cm³/mol. The highest BCUT2D eigenvalue weighted by atomic mass is 32.1. The molecule has 0 saturated heterocycles. The van der Waals surface area contributed by atoms with Gasteiger partial charge in [-0.05, 0) is 53.9 Å². The summed E-state index contributed by atoms with van der Waals surface area (Å²) in [5.74, 6) is 1.76. The minimum absolute atomic E-state index is 0.293. The molecule has 0 saturated carbocycles. The first kappa shape index (κ1) is 16.8. The van der Waals surface area contributed by atoms with Gasteiger partial charge in [0, 0.05) is 24.1 Å². The Balaban J connectivity index is 1.39. The largest absolute Gasteiger partial charge is 0.439 e. The number of urea groups is 1. The van der Waals surface area contributed by atoms with Gasteiger partial charge in [-0.25, -0.2) is 14.8 Å². The molecule has 2 amide bonds. The number of amides is 2. The summed E-state index contributed by atoms with van der Waals surface area (Å²) in [7, 11) is 0. The topological polar surface area (TPSA) is 81.1 Å². The van der Waals surface area contributed by atoms with E-state index >= 15 is 0 Å². The molecular weight excluding hydrogens is 362 g/mol. The van der Waals surface area contributed by atoms with Crippen LogP contribution >= 0.6 is 11.3 Å². The van der Waals surface area contributed by atoms with E-state index in [1.54, 1.807) is 30.3 Å². The van der Waals surface area contributed by atoms with Crippen LogP contribution in [0.4, 0.5) is 15.5 Å². The number of anilines is 2. The monoisotopic (exact) mass is 377 g/mol. The lowest BCUT2D eigenvalue weighted by Crippen LogP contribution is -2.18. The van der Waals surface area contributed by atoms with Gasteiger partial charge in [0.05, 0.1) is 5.00 Å². The molecule has 0 aliphatic carbocycles. The van der Waals surface area contributed by atoms with Gasteiger partial charge in [-0.15, -0.1) is 11.3 Å². The molecule has 0 atom stereocenters. The molecule has 3 aromatic heterocycles. The maximum atomic E-state index is 11.9. The molecule has 0 aliphatic rings. The van der Waals surface area contributed by atoms with Crippen LogP contribution in [0.25, 0.3) is 5.82 Å². The molecule has 7 nitrogen and oxygen atoms in total. The Bertz CT molecular complexity index is 1010. The van der Waals surface area contributed by atoms with E-state index in [0.29, 0.717) is 23.1 Å². The number of thiophene rings is 1. The fourth-order valence-corrected chi connectivity index (χ4v) is 2.98. The fraction of sp³-hybridized carbons (Fsp3) is 0. The number of hydrogen-bond donors (Lipinski definition) is 2. The summed E-state index contributed by atoms with van der Waals surface area (Å²) in [4.78, 5) is 20.3. The van der Waals surface area contributed by atoms with Gasteiger partial charge in [-0.3, -0.25) is 5.32 Å². The van der Waals surface area contributed by atoms with E-state index in [1.165, 1.54) is 17.7 Å². The van der Waals surface area contributed by atoms with Gasteiger partial charge in [0.25, 0.3) is 0 Å². The zero-order chi connectivity index (χ0) is 18.5. The van der Waals surface area contributed by atoms with E-state index < -0.39 is 0 Å². The van der Waals surface area contributed by atoms with Gasteiger partial charge >= 0.3 is 6.03 Å². The molecule has 0 fully saturated rings. The number of carbonyl (C=O) groups is 1. The minimum atomic E-state index is -0.293. The molecule has 0 spiro atoms. The molecule has 0 aliphatic heterocycles. The molecule has 0 radical (unpaired) electrons. The van der Waals surface area contributed by atoms with E-state index in [-0.39, 0.29) is 6.03 Å². The van der Waals surface area contributed by atoms with Gasteiger partial charge < -0.3 is 14.6 Å². The highest BCUT2D eigenvalue weighted by molar-refractivity contribution is 7.14. The first-order valence-corrected chi connectivity index (χ1v) is 8.99. The molecule has 4 aromatic rings. The summed E-state index contributed by atoms with van der Waals surface area (Å²) in [6.45, 7) is 0. The highest BCUT2D eigenvalue weighted by Crippen LogP contribution is 2.23. The minimum Gasteiger partial charge on any atom is -0.439 e. The van der Waals surface area contributed by atoms with E-state index in [1.807, 2.05) is 46.6 Å². The maximum Gasteiger partial charge on any atom is 0.324 e. The Hall–Kier alpha value is -3.65. The van der Waals surface area contributed by atoms with Crippen molar-refractivity contribution in [3.8, 4) is 17.4 Å². The van der Waals surface area contributed by atoms with Crippen molar-refractivity contribution in [2.75, 3.05) is 10.6 Å². The number of ether oxygens (including phenoxy) is 1.